The van der Waals surface area contributed by atoms with Crippen LogP contribution in [0.2, 0.25) is 0 Å². The topological polar surface area (TPSA) is 12.0 Å². The van der Waals surface area contributed by atoms with E-state index >= 15 is 0 Å². The molecule has 4 atom stereocenters. The van der Waals surface area contributed by atoms with Gasteiger partial charge in [0.15, 0.2) is 0 Å². The number of benzene rings is 1. The molecule has 2 fully saturated rings. The van der Waals surface area contributed by atoms with Gasteiger partial charge >= 0.3 is 0 Å². The van der Waals surface area contributed by atoms with Gasteiger partial charge in [-0.05, 0) is 55.2 Å². The van der Waals surface area contributed by atoms with Crippen LogP contribution in [0.4, 0.5) is 0 Å². The molecule has 0 amide bonds. The molecule has 1 aromatic rings. The van der Waals surface area contributed by atoms with Gasteiger partial charge in [0.25, 0.3) is 0 Å². The predicted octanol–water partition coefficient (Wildman–Crippen LogP) is 5.85. The third-order valence-electron chi connectivity index (χ3n) is 5.66. The average Bonchev–Trinajstić information content (AvgIpc) is 2.53. The van der Waals surface area contributed by atoms with E-state index in [0.29, 0.717) is 6.04 Å². The van der Waals surface area contributed by atoms with Gasteiger partial charge in [-0.15, -0.1) is 0 Å². The summed E-state index contributed by atoms with van der Waals surface area (Å²) >= 11 is 3.53. The van der Waals surface area contributed by atoms with Crippen molar-refractivity contribution in [2.24, 2.45) is 11.8 Å². The first-order valence-electron chi connectivity index (χ1n) is 8.77. The number of fused-ring (bicyclic) bond motifs is 1. The Labute approximate surface area is 138 Å². The van der Waals surface area contributed by atoms with Gasteiger partial charge in [0.1, 0.15) is 0 Å². The first kappa shape index (κ1) is 15.6. The van der Waals surface area contributed by atoms with Gasteiger partial charge in [-0.3, -0.25) is 0 Å². The Bertz CT molecular complexity index is 441. The van der Waals surface area contributed by atoms with E-state index in [1.54, 1.807) is 0 Å². The fourth-order valence-electron chi connectivity index (χ4n) is 4.45. The third kappa shape index (κ3) is 3.90. The van der Waals surface area contributed by atoms with Crippen LogP contribution in [0.5, 0.6) is 0 Å². The third-order valence-corrected chi connectivity index (χ3v) is 6.19. The van der Waals surface area contributed by atoms with Crippen LogP contribution in [0.25, 0.3) is 0 Å². The number of hydrogen-bond donors (Lipinski definition) is 1. The minimum atomic E-state index is 0.517. The molecule has 116 valence electrons. The maximum atomic E-state index is 3.96. The molecule has 0 heterocycles. The monoisotopic (exact) mass is 349 g/mol. The van der Waals surface area contributed by atoms with E-state index in [9.17, 15) is 0 Å². The van der Waals surface area contributed by atoms with Crippen LogP contribution in [0.3, 0.4) is 0 Å². The summed E-state index contributed by atoms with van der Waals surface area (Å²) in [6.07, 6.45) is 11.4. The van der Waals surface area contributed by atoms with Gasteiger partial charge in [-0.1, -0.05) is 60.7 Å². The summed E-state index contributed by atoms with van der Waals surface area (Å²) in [4.78, 5) is 0. The Kier molecular flexibility index (Phi) is 5.39. The van der Waals surface area contributed by atoms with Crippen LogP contribution in [0.15, 0.2) is 28.7 Å². The van der Waals surface area contributed by atoms with E-state index in [-0.39, 0.29) is 0 Å². The second-order valence-electron chi connectivity index (χ2n) is 6.99. The minimum absolute atomic E-state index is 0.517. The molecule has 2 heteroatoms. The number of halogens is 1. The van der Waals surface area contributed by atoms with Crippen molar-refractivity contribution in [1.82, 2.24) is 5.32 Å². The highest BCUT2D eigenvalue weighted by Crippen LogP contribution is 2.41. The lowest BCUT2D eigenvalue weighted by molar-refractivity contribution is 0.138. The van der Waals surface area contributed by atoms with Crippen molar-refractivity contribution >= 4 is 15.9 Å². The molecule has 1 N–H and O–H groups in total. The number of rotatable bonds is 4. The fourth-order valence-corrected chi connectivity index (χ4v) is 4.72. The molecule has 0 saturated heterocycles. The van der Waals surface area contributed by atoms with Crippen LogP contribution < -0.4 is 5.32 Å². The van der Waals surface area contributed by atoms with E-state index in [2.05, 4.69) is 52.4 Å². The molecule has 1 aromatic carbocycles. The highest BCUT2D eigenvalue weighted by Gasteiger charge is 2.32. The van der Waals surface area contributed by atoms with Crippen molar-refractivity contribution in [2.75, 3.05) is 0 Å². The van der Waals surface area contributed by atoms with Crippen molar-refractivity contribution in [3.63, 3.8) is 0 Å². The Balaban J connectivity index is 1.60. The predicted molar refractivity (Wildman–Crippen MR) is 93.4 cm³/mol. The number of nitrogens with one attached hydrogen (secondary N) is 1. The molecular weight excluding hydrogens is 322 g/mol. The molecule has 0 bridgehead atoms. The van der Waals surface area contributed by atoms with Crippen LogP contribution in [0, 0.1) is 11.8 Å². The SMILES string of the molecule is CCC(NC1CCC2CCCCC2C1)c1ccc(Br)cc1. The molecule has 2 aliphatic carbocycles. The highest BCUT2D eigenvalue weighted by atomic mass is 79.9. The average molecular weight is 350 g/mol. The smallest absolute Gasteiger partial charge is 0.0320 e. The molecule has 3 rings (SSSR count). The van der Waals surface area contributed by atoms with Crippen LogP contribution in [-0.4, -0.2) is 6.04 Å². The van der Waals surface area contributed by atoms with Gasteiger partial charge < -0.3 is 5.32 Å². The summed E-state index contributed by atoms with van der Waals surface area (Å²) < 4.78 is 1.17. The summed E-state index contributed by atoms with van der Waals surface area (Å²) in [6.45, 7) is 2.30. The summed E-state index contributed by atoms with van der Waals surface area (Å²) in [5, 5.41) is 3.96. The number of hydrogen-bond acceptors (Lipinski definition) is 1. The van der Waals surface area contributed by atoms with Gasteiger partial charge in [0.05, 0.1) is 0 Å². The summed E-state index contributed by atoms with van der Waals surface area (Å²) in [6, 6.07) is 10.1. The maximum absolute atomic E-state index is 3.96. The molecule has 2 aliphatic rings. The summed E-state index contributed by atoms with van der Waals surface area (Å²) in [5.74, 6) is 2.05. The van der Waals surface area contributed by atoms with Crippen LogP contribution in [-0.2, 0) is 0 Å². The second kappa shape index (κ2) is 7.28. The summed E-state index contributed by atoms with van der Waals surface area (Å²) in [7, 11) is 0. The maximum Gasteiger partial charge on any atom is 0.0320 e. The Morgan fingerprint density at radius 3 is 2.48 bits per heavy atom. The zero-order chi connectivity index (χ0) is 14.7. The van der Waals surface area contributed by atoms with Gasteiger partial charge in [0.2, 0.25) is 0 Å². The zero-order valence-electron chi connectivity index (χ0n) is 13.2. The van der Waals surface area contributed by atoms with E-state index in [0.717, 1.165) is 17.9 Å². The quantitative estimate of drug-likeness (QED) is 0.718. The van der Waals surface area contributed by atoms with Crippen LogP contribution in [0.1, 0.15) is 69.9 Å². The molecule has 2 saturated carbocycles. The molecular formula is C19H28BrN. The highest BCUT2D eigenvalue weighted by molar-refractivity contribution is 9.10. The lowest BCUT2D eigenvalue weighted by Gasteiger charge is -2.40. The molecule has 0 spiro atoms. The lowest BCUT2D eigenvalue weighted by atomic mass is 9.69. The Hall–Kier alpha value is -0.340. The van der Waals surface area contributed by atoms with Crippen molar-refractivity contribution < 1.29 is 0 Å². The van der Waals surface area contributed by atoms with Gasteiger partial charge in [-0.25, -0.2) is 0 Å². The van der Waals surface area contributed by atoms with E-state index in [4.69, 9.17) is 0 Å². The molecule has 21 heavy (non-hydrogen) atoms. The van der Waals surface area contributed by atoms with Gasteiger partial charge in [0, 0.05) is 16.6 Å². The molecule has 4 unspecified atom stereocenters. The summed E-state index contributed by atoms with van der Waals surface area (Å²) in [5.41, 5.74) is 1.44. The van der Waals surface area contributed by atoms with Crippen molar-refractivity contribution in [3.05, 3.63) is 34.3 Å². The normalized spacial score (nSPS) is 30.7. The largest absolute Gasteiger partial charge is 0.307 e. The molecule has 0 radical (unpaired) electrons. The van der Waals surface area contributed by atoms with Crippen molar-refractivity contribution in [3.8, 4) is 0 Å². The van der Waals surface area contributed by atoms with E-state index < -0.39 is 0 Å². The Morgan fingerprint density at radius 1 is 1.05 bits per heavy atom. The lowest BCUT2D eigenvalue weighted by Crippen LogP contribution is -2.40. The second-order valence-corrected chi connectivity index (χ2v) is 7.91. The van der Waals surface area contributed by atoms with Crippen LogP contribution >= 0.6 is 15.9 Å². The van der Waals surface area contributed by atoms with Gasteiger partial charge in [-0.2, -0.15) is 0 Å². The fraction of sp³-hybridized carbons (Fsp3) is 0.684. The van der Waals surface area contributed by atoms with E-state index in [1.165, 1.54) is 61.4 Å². The standard InChI is InChI=1S/C19H28BrN/c1-2-19(15-7-10-17(20)11-8-15)21-18-12-9-14-5-3-4-6-16(14)13-18/h7-8,10-11,14,16,18-19,21H,2-6,9,12-13H2,1H3. The van der Waals surface area contributed by atoms with Crippen molar-refractivity contribution in [1.29, 1.82) is 0 Å². The molecule has 1 nitrogen and oxygen atoms in total. The Morgan fingerprint density at radius 2 is 1.76 bits per heavy atom. The van der Waals surface area contributed by atoms with Crippen molar-refractivity contribution in [2.45, 2.75) is 70.4 Å². The first-order valence-corrected chi connectivity index (χ1v) is 9.57. The minimum Gasteiger partial charge on any atom is -0.307 e. The molecule has 0 aromatic heterocycles. The zero-order valence-corrected chi connectivity index (χ0v) is 14.7. The molecule has 0 aliphatic heterocycles. The van der Waals surface area contributed by atoms with E-state index in [1.807, 2.05) is 0 Å². The first-order chi connectivity index (χ1) is 10.3.